The number of carbonyl (C=O) groups excluding carboxylic acids is 2. The summed E-state index contributed by atoms with van der Waals surface area (Å²) < 4.78 is 12.0. The van der Waals surface area contributed by atoms with Gasteiger partial charge < -0.3 is 20.1 Å². The molecule has 2 N–H and O–H groups in total. The number of rotatable bonds is 10. The topological polar surface area (TPSA) is 120 Å². The summed E-state index contributed by atoms with van der Waals surface area (Å²) in [5.74, 6) is 0.734. The number of benzene rings is 2. The van der Waals surface area contributed by atoms with Gasteiger partial charge in [0.25, 0.3) is 0 Å². The Labute approximate surface area is 189 Å². The van der Waals surface area contributed by atoms with Gasteiger partial charge in [-0.15, -0.1) is 5.10 Å². The standard InChI is InChI=1S/C21H24N6O4S/c1-14-4-9-18(31-3)17(10-14)23-19(28)11-22-20(29)13-32-21-24-25-26-27(21)12-15-5-7-16(30-2)8-6-15/h4-10H,11-13H2,1-3H3,(H,22,29)(H,23,28). The van der Waals surface area contributed by atoms with Crippen molar-refractivity contribution in [3.05, 3.63) is 53.6 Å². The molecule has 2 aromatic carbocycles. The number of aryl methyl sites for hydroxylation is 1. The van der Waals surface area contributed by atoms with Crippen LogP contribution >= 0.6 is 11.8 Å². The van der Waals surface area contributed by atoms with Crippen molar-refractivity contribution in [2.24, 2.45) is 0 Å². The van der Waals surface area contributed by atoms with Gasteiger partial charge in [0.05, 0.1) is 38.7 Å². The van der Waals surface area contributed by atoms with Crippen LogP contribution in [0.2, 0.25) is 0 Å². The molecular weight excluding hydrogens is 432 g/mol. The maximum absolute atomic E-state index is 12.2. The molecule has 3 rings (SSSR count). The fourth-order valence-electron chi connectivity index (χ4n) is 2.78. The molecule has 11 heteroatoms. The minimum Gasteiger partial charge on any atom is -0.497 e. The van der Waals surface area contributed by atoms with E-state index in [2.05, 4.69) is 26.2 Å². The van der Waals surface area contributed by atoms with Crippen LogP contribution in [0.15, 0.2) is 47.6 Å². The van der Waals surface area contributed by atoms with Crippen LogP contribution in [-0.4, -0.2) is 58.5 Å². The number of methoxy groups -OCH3 is 2. The summed E-state index contributed by atoms with van der Waals surface area (Å²) in [6, 6.07) is 13.0. The molecule has 0 aliphatic carbocycles. The van der Waals surface area contributed by atoms with Crippen molar-refractivity contribution in [2.75, 3.05) is 31.8 Å². The number of ether oxygens (including phenoxy) is 2. The first-order valence-electron chi connectivity index (χ1n) is 9.71. The van der Waals surface area contributed by atoms with E-state index in [1.807, 2.05) is 37.3 Å². The molecular formula is C21H24N6O4S. The van der Waals surface area contributed by atoms with Crippen molar-refractivity contribution < 1.29 is 19.1 Å². The van der Waals surface area contributed by atoms with Crippen LogP contribution in [0.4, 0.5) is 5.69 Å². The van der Waals surface area contributed by atoms with Crippen LogP contribution in [0.3, 0.4) is 0 Å². The minimum atomic E-state index is -0.350. The fourth-order valence-corrected chi connectivity index (χ4v) is 3.48. The second-order valence-electron chi connectivity index (χ2n) is 6.78. The Bertz CT molecular complexity index is 1070. The quantitative estimate of drug-likeness (QED) is 0.444. The molecule has 0 aliphatic rings. The number of nitrogens with zero attached hydrogens (tertiary/aromatic N) is 4. The monoisotopic (exact) mass is 456 g/mol. The predicted molar refractivity (Wildman–Crippen MR) is 120 cm³/mol. The average molecular weight is 457 g/mol. The molecule has 32 heavy (non-hydrogen) atoms. The van der Waals surface area contributed by atoms with E-state index in [1.54, 1.807) is 23.9 Å². The molecule has 0 bridgehead atoms. The normalized spacial score (nSPS) is 10.5. The number of nitrogens with one attached hydrogen (secondary N) is 2. The van der Waals surface area contributed by atoms with Crippen LogP contribution in [0.25, 0.3) is 0 Å². The Morgan fingerprint density at radius 1 is 1.06 bits per heavy atom. The van der Waals surface area contributed by atoms with Gasteiger partial charge in [-0.25, -0.2) is 4.68 Å². The lowest BCUT2D eigenvalue weighted by atomic mass is 10.2. The molecule has 0 saturated carbocycles. The molecule has 1 aromatic heterocycles. The van der Waals surface area contributed by atoms with E-state index >= 15 is 0 Å². The molecule has 0 atom stereocenters. The molecule has 1 heterocycles. The average Bonchev–Trinajstić information content (AvgIpc) is 3.24. The molecule has 168 valence electrons. The van der Waals surface area contributed by atoms with Crippen molar-refractivity contribution in [1.29, 1.82) is 0 Å². The third kappa shape index (κ3) is 6.45. The highest BCUT2D eigenvalue weighted by Gasteiger charge is 2.13. The van der Waals surface area contributed by atoms with E-state index in [9.17, 15) is 9.59 Å². The highest BCUT2D eigenvalue weighted by atomic mass is 32.2. The number of hydrogen-bond donors (Lipinski definition) is 2. The number of anilines is 1. The Balaban J connectivity index is 1.47. The summed E-state index contributed by atoms with van der Waals surface area (Å²) in [5, 5.41) is 17.5. The number of amides is 2. The molecule has 2 amide bonds. The Morgan fingerprint density at radius 3 is 2.56 bits per heavy atom. The zero-order valence-electron chi connectivity index (χ0n) is 18.0. The molecule has 10 nitrogen and oxygen atoms in total. The summed E-state index contributed by atoms with van der Waals surface area (Å²) in [6.07, 6.45) is 0. The van der Waals surface area contributed by atoms with Gasteiger partial charge in [0.2, 0.25) is 17.0 Å². The molecule has 0 spiro atoms. The van der Waals surface area contributed by atoms with Gasteiger partial charge in [0, 0.05) is 0 Å². The van der Waals surface area contributed by atoms with Crippen LogP contribution in [0, 0.1) is 6.92 Å². The second kappa shape index (κ2) is 11.1. The number of tetrazole rings is 1. The lowest BCUT2D eigenvalue weighted by Gasteiger charge is -2.11. The van der Waals surface area contributed by atoms with Gasteiger partial charge in [-0.3, -0.25) is 9.59 Å². The van der Waals surface area contributed by atoms with Gasteiger partial charge in [0.15, 0.2) is 0 Å². The molecule has 0 aliphatic heterocycles. The second-order valence-corrected chi connectivity index (χ2v) is 7.73. The number of carbonyl (C=O) groups is 2. The number of thioether (sulfide) groups is 1. The lowest BCUT2D eigenvalue weighted by molar-refractivity contribution is -0.122. The van der Waals surface area contributed by atoms with Gasteiger partial charge in [0.1, 0.15) is 11.5 Å². The van der Waals surface area contributed by atoms with E-state index in [1.165, 1.54) is 18.9 Å². The Morgan fingerprint density at radius 2 is 1.84 bits per heavy atom. The fraction of sp³-hybridized carbons (Fsp3) is 0.286. The van der Waals surface area contributed by atoms with E-state index in [0.717, 1.165) is 16.9 Å². The summed E-state index contributed by atoms with van der Waals surface area (Å²) in [5.41, 5.74) is 2.53. The molecule has 0 radical (unpaired) electrons. The minimum absolute atomic E-state index is 0.0734. The van der Waals surface area contributed by atoms with E-state index in [4.69, 9.17) is 9.47 Å². The largest absolute Gasteiger partial charge is 0.497 e. The van der Waals surface area contributed by atoms with Gasteiger partial charge in [-0.05, 0) is 52.7 Å². The van der Waals surface area contributed by atoms with Gasteiger partial charge >= 0.3 is 0 Å². The van der Waals surface area contributed by atoms with E-state index < -0.39 is 0 Å². The first-order valence-corrected chi connectivity index (χ1v) is 10.7. The summed E-state index contributed by atoms with van der Waals surface area (Å²) in [6.45, 7) is 2.21. The van der Waals surface area contributed by atoms with Gasteiger partial charge in [-0.2, -0.15) is 0 Å². The maximum Gasteiger partial charge on any atom is 0.243 e. The summed E-state index contributed by atoms with van der Waals surface area (Å²) >= 11 is 1.19. The molecule has 0 saturated heterocycles. The Hall–Kier alpha value is -3.60. The highest BCUT2D eigenvalue weighted by molar-refractivity contribution is 7.99. The van der Waals surface area contributed by atoms with Crippen LogP contribution in [0.1, 0.15) is 11.1 Å². The van der Waals surface area contributed by atoms with Crippen molar-refractivity contribution in [3.63, 3.8) is 0 Å². The molecule has 0 fully saturated rings. The number of hydrogen-bond acceptors (Lipinski definition) is 8. The maximum atomic E-state index is 12.2. The predicted octanol–water partition coefficient (Wildman–Crippen LogP) is 1.89. The lowest BCUT2D eigenvalue weighted by Crippen LogP contribution is -2.34. The highest BCUT2D eigenvalue weighted by Crippen LogP contribution is 2.25. The van der Waals surface area contributed by atoms with Crippen molar-refractivity contribution >= 4 is 29.3 Å². The Kier molecular flexibility index (Phi) is 8.03. The van der Waals surface area contributed by atoms with E-state index in [-0.39, 0.29) is 24.1 Å². The van der Waals surface area contributed by atoms with Gasteiger partial charge in [-0.1, -0.05) is 30.0 Å². The summed E-state index contributed by atoms with van der Waals surface area (Å²) in [4.78, 5) is 24.4. The van der Waals surface area contributed by atoms with Crippen molar-refractivity contribution in [3.8, 4) is 11.5 Å². The van der Waals surface area contributed by atoms with Crippen molar-refractivity contribution in [1.82, 2.24) is 25.5 Å². The van der Waals surface area contributed by atoms with Crippen LogP contribution in [0.5, 0.6) is 11.5 Å². The molecule has 0 unspecified atom stereocenters. The van der Waals surface area contributed by atoms with Crippen molar-refractivity contribution in [2.45, 2.75) is 18.6 Å². The number of aromatic nitrogens is 4. The molecule has 3 aromatic rings. The van der Waals surface area contributed by atoms with E-state index in [0.29, 0.717) is 23.1 Å². The van der Waals surface area contributed by atoms with Crippen LogP contribution < -0.4 is 20.1 Å². The van der Waals surface area contributed by atoms with Crippen LogP contribution in [-0.2, 0) is 16.1 Å². The third-order valence-corrected chi connectivity index (χ3v) is 5.36. The summed E-state index contributed by atoms with van der Waals surface area (Å²) in [7, 11) is 3.14. The first-order chi connectivity index (χ1) is 15.5. The zero-order valence-corrected chi connectivity index (χ0v) is 18.8. The SMILES string of the molecule is COc1ccc(Cn2nnnc2SCC(=O)NCC(=O)Nc2cc(C)ccc2OC)cc1. The first kappa shape index (κ1) is 23.1. The zero-order chi connectivity index (χ0) is 22.9. The smallest absolute Gasteiger partial charge is 0.243 e. The third-order valence-electron chi connectivity index (χ3n) is 4.40.